The molecule has 0 aliphatic heterocycles. The van der Waals surface area contributed by atoms with Crippen molar-refractivity contribution in [1.82, 2.24) is 14.7 Å². The molecule has 142 valence electrons. The number of carbonyl (C=O) groups excluding carboxylic acids is 1. The van der Waals surface area contributed by atoms with Crippen LogP contribution in [0.3, 0.4) is 0 Å². The number of benzene rings is 1. The van der Waals surface area contributed by atoms with Gasteiger partial charge in [0.05, 0.1) is 11.1 Å². The maximum atomic E-state index is 12.7. The first-order valence-corrected chi connectivity index (χ1v) is 9.73. The van der Waals surface area contributed by atoms with Crippen molar-refractivity contribution in [2.24, 2.45) is 7.05 Å². The molecule has 0 N–H and O–H groups in total. The molecule has 1 amide bonds. The number of thiophene rings is 1. The van der Waals surface area contributed by atoms with E-state index in [-0.39, 0.29) is 5.91 Å². The van der Waals surface area contributed by atoms with Crippen molar-refractivity contribution >= 4 is 17.2 Å². The molecular weight excluding hydrogens is 358 g/mol. The highest BCUT2D eigenvalue weighted by Gasteiger charge is 2.16. The van der Waals surface area contributed by atoms with Crippen LogP contribution in [0.15, 0.2) is 35.8 Å². The molecule has 0 saturated carbocycles. The van der Waals surface area contributed by atoms with E-state index in [0.717, 1.165) is 27.4 Å². The normalized spacial score (nSPS) is 10.9. The van der Waals surface area contributed by atoms with Gasteiger partial charge in [-0.15, -0.1) is 11.3 Å². The summed E-state index contributed by atoms with van der Waals surface area (Å²) in [7, 11) is 3.72. The van der Waals surface area contributed by atoms with Crippen molar-refractivity contribution in [3.8, 4) is 5.75 Å². The second-order valence-electron chi connectivity index (χ2n) is 6.97. The quantitative estimate of drug-likeness (QED) is 0.639. The molecule has 0 radical (unpaired) electrons. The van der Waals surface area contributed by atoms with Crippen molar-refractivity contribution < 1.29 is 9.53 Å². The molecule has 0 spiro atoms. The standard InChI is InChI=1S/C21H25N3O2S/c1-14-6-15(2)8-19(7-14)26-12-17-9-20(27-13-17)21(25)23(4)11-18-10-22-24(5)16(18)3/h6-10,13H,11-12H2,1-5H3. The Morgan fingerprint density at radius 3 is 2.52 bits per heavy atom. The average Bonchev–Trinajstić information content (AvgIpc) is 3.21. The minimum atomic E-state index is 0.0147. The fourth-order valence-electron chi connectivity index (χ4n) is 2.96. The number of aromatic nitrogens is 2. The van der Waals surface area contributed by atoms with Gasteiger partial charge in [-0.3, -0.25) is 9.48 Å². The molecule has 3 rings (SSSR count). The van der Waals surface area contributed by atoms with Crippen molar-refractivity contribution in [2.75, 3.05) is 7.05 Å². The van der Waals surface area contributed by atoms with Crippen LogP contribution in [0, 0.1) is 20.8 Å². The van der Waals surface area contributed by atoms with Crippen LogP contribution >= 0.6 is 11.3 Å². The fourth-order valence-corrected chi connectivity index (χ4v) is 3.85. The van der Waals surface area contributed by atoms with Crippen LogP contribution in [-0.2, 0) is 20.2 Å². The van der Waals surface area contributed by atoms with Crippen LogP contribution < -0.4 is 4.74 Å². The Morgan fingerprint density at radius 2 is 1.89 bits per heavy atom. The van der Waals surface area contributed by atoms with Gasteiger partial charge in [0.1, 0.15) is 12.4 Å². The first-order chi connectivity index (χ1) is 12.8. The Hall–Kier alpha value is -2.60. The maximum absolute atomic E-state index is 12.7. The van der Waals surface area contributed by atoms with Crippen LogP contribution in [-0.4, -0.2) is 27.6 Å². The lowest BCUT2D eigenvalue weighted by atomic mass is 10.1. The summed E-state index contributed by atoms with van der Waals surface area (Å²) in [6.45, 7) is 7.12. The summed E-state index contributed by atoms with van der Waals surface area (Å²) < 4.78 is 7.71. The van der Waals surface area contributed by atoms with Gasteiger partial charge in [-0.2, -0.15) is 5.10 Å². The van der Waals surface area contributed by atoms with E-state index >= 15 is 0 Å². The topological polar surface area (TPSA) is 47.4 Å². The van der Waals surface area contributed by atoms with E-state index in [4.69, 9.17) is 4.74 Å². The smallest absolute Gasteiger partial charge is 0.263 e. The summed E-state index contributed by atoms with van der Waals surface area (Å²) in [5.41, 5.74) is 5.50. The summed E-state index contributed by atoms with van der Waals surface area (Å²) in [5, 5.41) is 6.22. The number of ether oxygens (including phenoxy) is 1. The summed E-state index contributed by atoms with van der Waals surface area (Å²) in [4.78, 5) is 15.2. The van der Waals surface area contributed by atoms with Crippen molar-refractivity contribution in [1.29, 1.82) is 0 Å². The molecule has 0 fully saturated rings. The Bertz CT molecular complexity index is 938. The lowest BCUT2D eigenvalue weighted by Gasteiger charge is -2.15. The molecule has 0 saturated heterocycles. The van der Waals surface area contributed by atoms with Crippen molar-refractivity contribution in [3.05, 3.63) is 68.7 Å². The predicted molar refractivity (Wildman–Crippen MR) is 108 cm³/mol. The molecule has 3 aromatic rings. The number of amides is 1. The maximum Gasteiger partial charge on any atom is 0.263 e. The van der Waals surface area contributed by atoms with E-state index in [0.29, 0.717) is 13.2 Å². The van der Waals surface area contributed by atoms with Crippen LogP contribution in [0.4, 0.5) is 0 Å². The second-order valence-corrected chi connectivity index (χ2v) is 7.88. The largest absolute Gasteiger partial charge is 0.489 e. The molecule has 0 unspecified atom stereocenters. The molecule has 0 atom stereocenters. The Morgan fingerprint density at radius 1 is 1.19 bits per heavy atom. The van der Waals surface area contributed by atoms with Crippen LogP contribution in [0.2, 0.25) is 0 Å². The van der Waals surface area contributed by atoms with Crippen molar-refractivity contribution in [3.63, 3.8) is 0 Å². The van der Waals surface area contributed by atoms with E-state index in [1.807, 2.05) is 55.5 Å². The van der Waals surface area contributed by atoms with E-state index in [1.165, 1.54) is 22.5 Å². The first-order valence-electron chi connectivity index (χ1n) is 8.85. The third-order valence-electron chi connectivity index (χ3n) is 4.56. The molecule has 6 heteroatoms. The number of aryl methyl sites for hydroxylation is 3. The zero-order valence-corrected chi connectivity index (χ0v) is 17.3. The third-order valence-corrected chi connectivity index (χ3v) is 5.52. The lowest BCUT2D eigenvalue weighted by Crippen LogP contribution is -2.25. The van der Waals surface area contributed by atoms with Gasteiger partial charge in [0.25, 0.3) is 5.91 Å². The SMILES string of the molecule is Cc1cc(C)cc(OCc2csc(C(=O)N(C)Cc3cnn(C)c3C)c2)c1. The minimum absolute atomic E-state index is 0.0147. The van der Waals surface area contributed by atoms with Gasteiger partial charge in [-0.1, -0.05) is 6.07 Å². The van der Waals surface area contributed by atoms with Crippen LogP contribution in [0.25, 0.3) is 0 Å². The van der Waals surface area contributed by atoms with E-state index in [2.05, 4.69) is 25.0 Å². The molecule has 27 heavy (non-hydrogen) atoms. The second kappa shape index (κ2) is 7.96. The van der Waals surface area contributed by atoms with Gasteiger partial charge in [0.2, 0.25) is 0 Å². The summed E-state index contributed by atoms with van der Waals surface area (Å²) in [6.07, 6.45) is 1.82. The van der Waals surface area contributed by atoms with Crippen LogP contribution in [0.5, 0.6) is 5.75 Å². The molecule has 5 nitrogen and oxygen atoms in total. The Balaban J connectivity index is 1.62. The number of carbonyl (C=O) groups is 1. The first kappa shape index (κ1) is 19.2. The number of hydrogen-bond donors (Lipinski definition) is 0. The Kier molecular flexibility index (Phi) is 5.65. The zero-order valence-electron chi connectivity index (χ0n) is 16.4. The van der Waals surface area contributed by atoms with E-state index in [9.17, 15) is 4.79 Å². The van der Waals surface area contributed by atoms with Gasteiger partial charge in [-0.25, -0.2) is 0 Å². The highest BCUT2D eigenvalue weighted by atomic mass is 32.1. The molecule has 1 aromatic carbocycles. The summed E-state index contributed by atoms with van der Waals surface area (Å²) in [6, 6.07) is 8.08. The summed E-state index contributed by atoms with van der Waals surface area (Å²) >= 11 is 1.46. The average molecular weight is 384 g/mol. The van der Waals surface area contributed by atoms with E-state index < -0.39 is 0 Å². The van der Waals surface area contributed by atoms with Gasteiger partial charge in [0.15, 0.2) is 0 Å². The molecule has 0 bridgehead atoms. The molecule has 2 aromatic heterocycles. The zero-order chi connectivity index (χ0) is 19.6. The van der Waals surface area contributed by atoms with E-state index in [1.54, 1.807) is 4.90 Å². The van der Waals surface area contributed by atoms with Gasteiger partial charge in [0, 0.05) is 37.5 Å². The Labute approximate surface area is 164 Å². The molecule has 0 aliphatic carbocycles. The minimum Gasteiger partial charge on any atom is -0.489 e. The molecule has 2 heterocycles. The number of rotatable bonds is 6. The van der Waals surface area contributed by atoms with Gasteiger partial charge >= 0.3 is 0 Å². The van der Waals surface area contributed by atoms with Crippen molar-refractivity contribution in [2.45, 2.75) is 33.9 Å². The predicted octanol–water partition coefficient (Wildman–Crippen LogP) is 4.26. The molecular formula is C21H25N3O2S. The highest BCUT2D eigenvalue weighted by molar-refractivity contribution is 7.12. The van der Waals surface area contributed by atoms with Gasteiger partial charge in [-0.05, 0) is 55.5 Å². The van der Waals surface area contributed by atoms with Gasteiger partial charge < -0.3 is 9.64 Å². The van der Waals surface area contributed by atoms with Crippen LogP contribution in [0.1, 0.15) is 37.6 Å². The fraction of sp³-hybridized carbons (Fsp3) is 0.333. The summed E-state index contributed by atoms with van der Waals surface area (Å²) in [5.74, 6) is 0.872. The number of nitrogens with zero attached hydrogens (tertiary/aromatic N) is 3. The molecule has 0 aliphatic rings. The highest BCUT2D eigenvalue weighted by Crippen LogP contribution is 2.21. The lowest BCUT2D eigenvalue weighted by molar-refractivity contribution is 0.0789. The monoisotopic (exact) mass is 383 g/mol. The number of hydrogen-bond acceptors (Lipinski definition) is 4. The third kappa shape index (κ3) is 4.57.